The highest BCUT2D eigenvalue weighted by atomic mass is 19.1. The van der Waals surface area contributed by atoms with Crippen LogP contribution in [0.3, 0.4) is 0 Å². The highest BCUT2D eigenvalue weighted by Crippen LogP contribution is 2.21. The van der Waals surface area contributed by atoms with Gasteiger partial charge in [0.1, 0.15) is 11.3 Å². The highest BCUT2D eigenvalue weighted by molar-refractivity contribution is 5.81. The minimum atomic E-state index is -0.612. The number of hydrogen-bond donors (Lipinski definition) is 0. The summed E-state index contributed by atoms with van der Waals surface area (Å²) in [6, 6.07) is 2.13. The molecule has 4 heteroatoms. The smallest absolute Gasteiger partial charge is 0.154 e. The summed E-state index contributed by atoms with van der Waals surface area (Å²) in [5.74, 6) is -1.18. The molecule has 2 aromatic rings. The molecule has 1 aromatic heterocycles. The molecule has 0 aliphatic heterocycles. The Kier molecular flexibility index (Phi) is 1.58. The van der Waals surface area contributed by atoms with Crippen LogP contribution in [0.5, 0.6) is 0 Å². The minimum absolute atomic E-state index is 0.224. The van der Waals surface area contributed by atoms with Crippen molar-refractivity contribution in [1.29, 1.82) is 0 Å². The Balaban J connectivity index is 2.94. The molecule has 0 radical (unpaired) electrons. The van der Waals surface area contributed by atoms with Crippen molar-refractivity contribution in [2.75, 3.05) is 0 Å². The fraction of sp³-hybridized carbons (Fsp3) is 0.222. The van der Waals surface area contributed by atoms with Gasteiger partial charge in [-0.25, -0.2) is 8.78 Å². The first-order valence-corrected chi connectivity index (χ1v) is 3.88. The Morgan fingerprint density at radius 3 is 2.69 bits per heavy atom. The number of benzene rings is 1. The van der Waals surface area contributed by atoms with E-state index >= 15 is 0 Å². The van der Waals surface area contributed by atoms with Crippen molar-refractivity contribution in [3.63, 3.8) is 0 Å². The van der Waals surface area contributed by atoms with Crippen LogP contribution in [0, 0.1) is 18.6 Å². The topological polar surface area (TPSA) is 17.8 Å². The van der Waals surface area contributed by atoms with Crippen molar-refractivity contribution in [3.8, 4) is 0 Å². The minimum Gasteiger partial charge on any atom is -0.272 e. The van der Waals surface area contributed by atoms with Crippen LogP contribution >= 0.6 is 0 Å². The molecule has 0 aliphatic rings. The summed E-state index contributed by atoms with van der Waals surface area (Å²) in [4.78, 5) is 0. The zero-order valence-electron chi connectivity index (χ0n) is 7.31. The number of aryl methyl sites for hydroxylation is 2. The second-order valence-electron chi connectivity index (χ2n) is 2.99. The maximum atomic E-state index is 13.1. The fourth-order valence-corrected chi connectivity index (χ4v) is 1.34. The van der Waals surface area contributed by atoms with E-state index in [1.54, 1.807) is 14.0 Å². The molecule has 0 saturated heterocycles. The number of halogens is 2. The van der Waals surface area contributed by atoms with Crippen LogP contribution in [0.25, 0.3) is 10.9 Å². The molecule has 0 saturated carbocycles. The molecule has 0 N–H and O–H groups in total. The first-order chi connectivity index (χ1) is 6.09. The maximum Gasteiger partial charge on any atom is 0.154 e. The molecule has 0 aliphatic carbocycles. The predicted molar refractivity (Wildman–Crippen MR) is 45.4 cm³/mol. The fourth-order valence-electron chi connectivity index (χ4n) is 1.34. The number of rotatable bonds is 0. The van der Waals surface area contributed by atoms with Gasteiger partial charge in [0.25, 0.3) is 0 Å². The molecule has 68 valence electrons. The predicted octanol–water partition coefficient (Wildman–Crippen LogP) is 2.16. The summed E-state index contributed by atoms with van der Waals surface area (Å²) >= 11 is 0. The molecule has 0 bridgehead atoms. The Morgan fingerprint density at radius 2 is 2.00 bits per heavy atom. The van der Waals surface area contributed by atoms with Crippen LogP contribution in [0.2, 0.25) is 0 Å². The molecule has 0 amide bonds. The van der Waals surface area contributed by atoms with Crippen LogP contribution in [-0.2, 0) is 7.05 Å². The summed E-state index contributed by atoms with van der Waals surface area (Å²) in [6.45, 7) is 1.77. The van der Waals surface area contributed by atoms with E-state index in [2.05, 4.69) is 5.10 Å². The average molecular weight is 182 g/mol. The Hall–Kier alpha value is -1.45. The van der Waals surface area contributed by atoms with Crippen molar-refractivity contribution >= 4 is 10.9 Å². The molecular weight excluding hydrogens is 174 g/mol. The largest absolute Gasteiger partial charge is 0.272 e. The lowest BCUT2D eigenvalue weighted by atomic mass is 10.2. The Labute approximate surface area is 73.8 Å². The first-order valence-electron chi connectivity index (χ1n) is 3.88. The number of hydrogen-bond acceptors (Lipinski definition) is 1. The van der Waals surface area contributed by atoms with Gasteiger partial charge in [-0.3, -0.25) is 4.68 Å². The quantitative estimate of drug-likeness (QED) is 0.610. The second-order valence-corrected chi connectivity index (χ2v) is 2.99. The van der Waals surface area contributed by atoms with Crippen LogP contribution in [0.1, 0.15) is 5.69 Å². The van der Waals surface area contributed by atoms with Gasteiger partial charge in [-0.1, -0.05) is 0 Å². The van der Waals surface area contributed by atoms with Gasteiger partial charge >= 0.3 is 0 Å². The summed E-state index contributed by atoms with van der Waals surface area (Å²) in [7, 11) is 1.70. The molecule has 1 heterocycles. The van der Waals surface area contributed by atoms with Crippen molar-refractivity contribution in [2.24, 2.45) is 7.05 Å². The molecule has 0 fully saturated rings. The van der Waals surface area contributed by atoms with E-state index in [4.69, 9.17) is 0 Å². The maximum absolute atomic E-state index is 13.1. The van der Waals surface area contributed by atoms with Gasteiger partial charge in [0, 0.05) is 24.2 Å². The molecule has 2 nitrogen and oxygen atoms in total. The Bertz CT molecular complexity index is 474. The van der Waals surface area contributed by atoms with Crippen molar-refractivity contribution in [1.82, 2.24) is 9.78 Å². The molecule has 0 unspecified atom stereocenters. The zero-order chi connectivity index (χ0) is 9.59. The van der Waals surface area contributed by atoms with E-state index in [9.17, 15) is 8.78 Å². The van der Waals surface area contributed by atoms with Gasteiger partial charge in [-0.2, -0.15) is 5.10 Å². The third-order valence-electron chi connectivity index (χ3n) is 2.15. The molecule has 0 atom stereocenters. The lowest BCUT2D eigenvalue weighted by Crippen LogP contribution is -1.91. The van der Waals surface area contributed by atoms with E-state index in [0.717, 1.165) is 11.8 Å². The summed E-state index contributed by atoms with van der Waals surface area (Å²) in [5.41, 5.74) is 0.981. The third-order valence-corrected chi connectivity index (χ3v) is 2.15. The van der Waals surface area contributed by atoms with Crippen molar-refractivity contribution < 1.29 is 8.78 Å². The van der Waals surface area contributed by atoms with E-state index in [1.807, 2.05) is 0 Å². The number of nitrogens with zero attached hydrogens (tertiary/aromatic N) is 2. The normalized spacial score (nSPS) is 11.1. The van der Waals surface area contributed by atoms with Gasteiger partial charge in [0.2, 0.25) is 0 Å². The zero-order valence-corrected chi connectivity index (χ0v) is 7.31. The molecular formula is C9H8F2N2. The monoisotopic (exact) mass is 182 g/mol. The van der Waals surface area contributed by atoms with Gasteiger partial charge < -0.3 is 0 Å². The van der Waals surface area contributed by atoms with Crippen molar-refractivity contribution in [2.45, 2.75) is 6.92 Å². The highest BCUT2D eigenvalue weighted by Gasteiger charge is 2.10. The lowest BCUT2D eigenvalue weighted by Gasteiger charge is -1.92. The average Bonchev–Trinajstić information content (AvgIpc) is 2.32. The van der Waals surface area contributed by atoms with E-state index in [0.29, 0.717) is 5.39 Å². The van der Waals surface area contributed by atoms with Crippen LogP contribution in [0.15, 0.2) is 12.1 Å². The van der Waals surface area contributed by atoms with Gasteiger partial charge in [0.05, 0.1) is 0 Å². The van der Waals surface area contributed by atoms with E-state index in [-0.39, 0.29) is 5.52 Å². The van der Waals surface area contributed by atoms with Gasteiger partial charge in [-0.05, 0) is 13.0 Å². The standard InChI is InChI=1S/C9H8F2N2/c1-5-7-3-6(10)4-8(11)9(7)12-13(5)2/h3-4H,1-2H3. The summed E-state index contributed by atoms with van der Waals surface area (Å²) in [5, 5.41) is 4.46. The molecule has 13 heavy (non-hydrogen) atoms. The van der Waals surface area contributed by atoms with Gasteiger partial charge in [0.15, 0.2) is 5.82 Å². The lowest BCUT2D eigenvalue weighted by molar-refractivity contribution is 0.589. The molecule has 2 rings (SSSR count). The second kappa shape index (κ2) is 2.52. The van der Waals surface area contributed by atoms with E-state index < -0.39 is 11.6 Å². The van der Waals surface area contributed by atoms with Crippen LogP contribution < -0.4 is 0 Å². The summed E-state index contributed by atoms with van der Waals surface area (Å²) in [6.07, 6.45) is 0. The van der Waals surface area contributed by atoms with E-state index in [1.165, 1.54) is 10.7 Å². The van der Waals surface area contributed by atoms with Gasteiger partial charge in [-0.15, -0.1) is 0 Å². The molecule has 0 spiro atoms. The first kappa shape index (κ1) is 8.16. The van der Waals surface area contributed by atoms with Crippen LogP contribution in [0.4, 0.5) is 8.78 Å². The summed E-state index contributed by atoms with van der Waals surface area (Å²) < 4.78 is 27.5. The Morgan fingerprint density at radius 1 is 1.31 bits per heavy atom. The molecule has 1 aromatic carbocycles. The third kappa shape index (κ3) is 1.09. The van der Waals surface area contributed by atoms with Crippen molar-refractivity contribution in [3.05, 3.63) is 29.5 Å². The number of fused-ring (bicyclic) bond motifs is 1. The van der Waals surface area contributed by atoms with Crippen LogP contribution in [-0.4, -0.2) is 9.78 Å². The number of aromatic nitrogens is 2. The SMILES string of the molecule is Cc1c2cc(F)cc(F)c2nn1C.